The molecule has 0 saturated heterocycles. The molecule has 0 spiro atoms. The number of hydrogen-bond acceptors (Lipinski definition) is 7. The minimum atomic E-state index is -0.521. The number of ether oxygens (including phenoxy) is 1. The average Bonchev–Trinajstić information content (AvgIpc) is 2.99. The predicted molar refractivity (Wildman–Crippen MR) is 176 cm³/mol. The third-order valence-electron chi connectivity index (χ3n) is 7.68. The van der Waals surface area contributed by atoms with Gasteiger partial charge in [-0.1, -0.05) is 38.5 Å². The van der Waals surface area contributed by atoms with Gasteiger partial charge in [0.15, 0.2) is 6.61 Å². The van der Waals surface area contributed by atoms with Gasteiger partial charge in [-0.05, 0) is 102 Å². The Morgan fingerprint density at radius 2 is 1.16 bits per heavy atom. The number of amides is 2. The van der Waals surface area contributed by atoms with Crippen LogP contribution in [0.15, 0.2) is 58.3 Å². The number of benzene rings is 2. The lowest BCUT2D eigenvalue weighted by molar-refractivity contribution is -0.124. The van der Waals surface area contributed by atoms with Crippen LogP contribution in [-0.2, 0) is 9.59 Å². The first-order valence-electron chi connectivity index (χ1n) is 15.4. The summed E-state index contributed by atoms with van der Waals surface area (Å²) in [7, 11) is 0. The van der Waals surface area contributed by atoms with Crippen molar-refractivity contribution < 1.29 is 19.4 Å². The maximum atomic E-state index is 12.6. The molecule has 2 aromatic rings. The maximum absolute atomic E-state index is 12.6. The molecule has 2 saturated carbocycles. The summed E-state index contributed by atoms with van der Waals surface area (Å²) >= 11 is 3.07. The zero-order valence-electron chi connectivity index (χ0n) is 26.0. The summed E-state index contributed by atoms with van der Waals surface area (Å²) in [5.41, 5.74) is 0. The van der Waals surface area contributed by atoms with E-state index in [9.17, 15) is 14.7 Å². The maximum Gasteiger partial charge on any atom is 0.236 e. The van der Waals surface area contributed by atoms with Crippen molar-refractivity contribution >= 4 is 35.3 Å². The molecule has 9 heteroatoms. The largest absolute Gasteiger partial charge is 0.508 e. The van der Waals surface area contributed by atoms with Crippen molar-refractivity contribution in [1.82, 2.24) is 10.6 Å². The third kappa shape index (κ3) is 12.0. The number of thioether (sulfide) groups is 2. The number of nitrogens with one attached hydrogen (secondary N) is 2. The monoisotopic (exact) mass is 625 g/mol. The van der Waals surface area contributed by atoms with Crippen LogP contribution < -0.4 is 15.4 Å². The molecular formula is C34H47N3O4S2. The summed E-state index contributed by atoms with van der Waals surface area (Å²) in [4.78, 5) is 27.0. The van der Waals surface area contributed by atoms with E-state index >= 15 is 0 Å². The molecule has 7 nitrogen and oxygen atoms in total. The summed E-state index contributed by atoms with van der Waals surface area (Å²) < 4.78 is 4.21. The Bertz CT molecular complexity index is 1200. The number of phenolic OH excluding ortho intramolecular Hbond substituents is 1. The lowest BCUT2D eigenvalue weighted by atomic mass is 9.95. The number of nitriles is 1. The molecule has 0 heterocycles. The van der Waals surface area contributed by atoms with Crippen LogP contribution in [0.4, 0.5) is 0 Å². The summed E-state index contributed by atoms with van der Waals surface area (Å²) in [6.07, 6.45) is 11.8. The minimum absolute atomic E-state index is 0.0434. The van der Waals surface area contributed by atoms with Crippen LogP contribution in [0.1, 0.15) is 91.9 Å². The van der Waals surface area contributed by atoms with E-state index in [0.29, 0.717) is 17.8 Å². The van der Waals surface area contributed by atoms with Crippen LogP contribution >= 0.6 is 23.5 Å². The molecule has 2 aliphatic carbocycles. The van der Waals surface area contributed by atoms with Crippen LogP contribution in [0.5, 0.6) is 11.5 Å². The highest BCUT2D eigenvalue weighted by atomic mass is 32.2. The molecule has 0 aromatic heterocycles. The zero-order chi connectivity index (χ0) is 31.3. The van der Waals surface area contributed by atoms with E-state index in [0.717, 1.165) is 35.5 Å². The quantitative estimate of drug-likeness (QED) is 0.233. The Morgan fingerprint density at radius 3 is 1.56 bits per heavy atom. The van der Waals surface area contributed by atoms with E-state index in [1.54, 1.807) is 23.9 Å². The van der Waals surface area contributed by atoms with Gasteiger partial charge in [-0.2, -0.15) is 5.26 Å². The summed E-state index contributed by atoms with van der Waals surface area (Å²) in [6, 6.07) is 17.1. The van der Waals surface area contributed by atoms with E-state index in [2.05, 4.69) is 10.6 Å². The van der Waals surface area contributed by atoms with Crippen molar-refractivity contribution in [2.75, 3.05) is 6.61 Å². The van der Waals surface area contributed by atoms with Crippen LogP contribution in [0.2, 0.25) is 0 Å². The molecule has 0 radical (unpaired) electrons. The third-order valence-corrected chi connectivity index (χ3v) is 10.1. The molecule has 0 aliphatic heterocycles. The molecule has 2 aliphatic rings. The van der Waals surface area contributed by atoms with Gasteiger partial charge in [0.2, 0.25) is 11.8 Å². The summed E-state index contributed by atoms with van der Waals surface area (Å²) in [6.45, 7) is 7.85. The standard InChI is InChI=1S/C18H24N2O2S.C16H23NO2S/c1-18(2,17(21)20-14-6-4-3-5-7-14)23-16-10-8-15(9-11-16)22-13-12-19;1-16(2,20-14-10-8-13(18)9-11-14)15(19)17-12-6-4-3-5-7-12/h8-11,14H,3-7,13H2,1-2H3,(H,20,21);8-12,18H,3-7H2,1-2H3,(H,17,19). The van der Waals surface area contributed by atoms with Gasteiger partial charge in [0.05, 0.1) is 9.49 Å². The van der Waals surface area contributed by atoms with E-state index in [1.807, 2.05) is 70.2 Å². The van der Waals surface area contributed by atoms with E-state index < -0.39 is 9.49 Å². The fraction of sp³-hybridized carbons (Fsp3) is 0.559. The van der Waals surface area contributed by atoms with Crippen LogP contribution in [0.25, 0.3) is 0 Å². The first-order chi connectivity index (χ1) is 20.5. The number of carbonyl (C=O) groups is 2. The number of nitrogens with zero attached hydrogens (tertiary/aromatic N) is 1. The average molecular weight is 626 g/mol. The fourth-order valence-corrected chi connectivity index (χ4v) is 7.15. The molecular weight excluding hydrogens is 579 g/mol. The van der Waals surface area contributed by atoms with Gasteiger partial charge in [0, 0.05) is 21.9 Å². The van der Waals surface area contributed by atoms with E-state index in [1.165, 1.54) is 50.3 Å². The first-order valence-corrected chi connectivity index (χ1v) is 17.0. The number of aromatic hydroxyl groups is 1. The second-order valence-corrected chi connectivity index (χ2v) is 15.6. The predicted octanol–water partition coefficient (Wildman–Crippen LogP) is 7.62. The smallest absolute Gasteiger partial charge is 0.236 e. The molecule has 2 aromatic carbocycles. The van der Waals surface area contributed by atoms with Crippen molar-refractivity contribution in [2.24, 2.45) is 0 Å². The Morgan fingerprint density at radius 1 is 0.767 bits per heavy atom. The van der Waals surface area contributed by atoms with Gasteiger partial charge < -0.3 is 20.5 Å². The van der Waals surface area contributed by atoms with Gasteiger partial charge in [0.1, 0.15) is 17.6 Å². The Labute approximate surface area is 265 Å². The van der Waals surface area contributed by atoms with Gasteiger partial charge in [0.25, 0.3) is 0 Å². The first kappa shape index (κ1) is 34.7. The summed E-state index contributed by atoms with van der Waals surface area (Å²) in [5.74, 6) is 1.11. The molecule has 0 atom stereocenters. The van der Waals surface area contributed by atoms with Crippen molar-refractivity contribution in [3.63, 3.8) is 0 Å². The number of hydrogen-bond donors (Lipinski definition) is 3. The zero-order valence-corrected chi connectivity index (χ0v) is 27.6. The molecule has 0 bridgehead atoms. The molecule has 234 valence electrons. The molecule has 4 rings (SSSR count). The molecule has 3 N–H and O–H groups in total. The Kier molecular flexibility index (Phi) is 13.6. The topological polar surface area (TPSA) is 111 Å². The van der Waals surface area contributed by atoms with Crippen molar-refractivity contribution in [1.29, 1.82) is 5.26 Å². The lowest BCUT2D eigenvalue weighted by Gasteiger charge is -2.29. The highest BCUT2D eigenvalue weighted by Gasteiger charge is 2.32. The van der Waals surface area contributed by atoms with Gasteiger partial charge in [-0.15, -0.1) is 23.5 Å². The molecule has 2 fully saturated rings. The second kappa shape index (κ2) is 16.9. The molecule has 2 amide bonds. The lowest BCUT2D eigenvalue weighted by Crippen LogP contribution is -2.45. The van der Waals surface area contributed by atoms with Gasteiger partial charge >= 0.3 is 0 Å². The van der Waals surface area contributed by atoms with Crippen LogP contribution in [-0.4, -0.2) is 45.1 Å². The fourth-order valence-electron chi connectivity index (χ4n) is 5.13. The number of phenols is 1. The van der Waals surface area contributed by atoms with E-state index in [4.69, 9.17) is 10.00 Å². The Balaban J connectivity index is 0.000000238. The van der Waals surface area contributed by atoms with Crippen molar-refractivity contribution in [3.8, 4) is 17.6 Å². The minimum Gasteiger partial charge on any atom is -0.508 e. The van der Waals surface area contributed by atoms with Crippen molar-refractivity contribution in [2.45, 2.75) is 123 Å². The van der Waals surface area contributed by atoms with Crippen LogP contribution in [0, 0.1) is 11.3 Å². The normalized spacial score (nSPS) is 16.3. The number of rotatable bonds is 10. The highest BCUT2D eigenvalue weighted by Crippen LogP contribution is 2.35. The molecule has 0 unspecified atom stereocenters. The van der Waals surface area contributed by atoms with Gasteiger partial charge in [-0.3, -0.25) is 9.59 Å². The highest BCUT2D eigenvalue weighted by molar-refractivity contribution is 8.01. The van der Waals surface area contributed by atoms with Gasteiger partial charge in [-0.25, -0.2) is 0 Å². The summed E-state index contributed by atoms with van der Waals surface area (Å²) in [5, 5.41) is 24.2. The SMILES string of the molecule is CC(C)(Sc1ccc(O)cc1)C(=O)NC1CCCCC1.CC(C)(Sc1ccc(OCC#N)cc1)C(=O)NC1CCCCC1. The number of carbonyl (C=O) groups excluding carboxylic acids is 2. The molecule has 43 heavy (non-hydrogen) atoms. The second-order valence-electron chi connectivity index (χ2n) is 12.3. The van der Waals surface area contributed by atoms with Crippen LogP contribution in [0.3, 0.4) is 0 Å². The van der Waals surface area contributed by atoms with E-state index in [-0.39, 0.29) is 24.2 Å². The Hall–Kier alpha value is -2.83. The van der Waals surface area contributed by atoms with Crippen molar-refractivity contribution in [3.05, 3.63) is 48.5 Å².